The molecule has 4 nitrogen and oxygen atoms in total. The lowest BCUT2D eigenvalue weighted by molar-refractivity contribution is 0.528. The van der Waals surface area contributed by atoms with Crippen molar-refractivity contribution in [3.8, 4) is 0 Å². The Hall–Kier alpha value is -1.42. The highest BCUT2D eigenvalue weighted by Gasteiger charge is 2.18. The molecule has 4 heteroatoms. The van der Waals surface area contributed by atoms with Gasteiger partial charge in [0.25, 0.3) is 0 Å². The molecule has 18 heavy (non-hydrogen) atoms. The number of nitrogens with zero attached hydrogens (tertiary/aromatic N) is 3. The lowest BCUT2D eigenvalue weighted by Crippen LogP contribution is -2.22. The summed E-state index contributed by atoms with van der Waals surface area (Å²) in [5.41, 5.74) is 1.98. The van der Waals surface area contributed by atoms with Gasteiger partial charge in [0, 0.05) is 24.7 Å². The molecule has 0 radical (unpaired) electrons. The SMILES string of the molecule is CCNCC(C)c1nc2cccnc2n1C(C)C. The number of nitrogens with one attached hydrogen (secondary N) is 1. The van der Waals surface area contributed by atoms with Gasteiger partial charge in [0.1, 0.15) is 11.3 Å². The van der Waals surface area contributed by atoms with Crippen LogP contribution in [0.2, 0.25) is 0 Å². The summed E-state index contributed by atoms with van der Waals surface area (Å²) in [7, 11) is 0. The molecule has 1 unspecified atom stereocenters. The second-order valence-corrected chi connectivity index (χ2v) is 4.99. The van der Waals surface area contributed by atoms with Gasteiger partial charge < -0.3 is 9.88 Å². The average molecular weight is 246 g/mol. The Labute approximate surface area is 108 Å². The topological polar surface area (TPSA) is 42.7 Å². The molecule has 2 rings (SSSR count). The highest BCUT2D eigenvalue weighted by molar-refractivity contribution is 5.71. The van der Waals surface area contributed by atoms with Crippen molar-refractivity contribution in [3.05, 3.63) is 24.2 Å². The van der Waals surface area contributed by atoms with Gasteiger partial charge in [-0.2, -0.15) is 0 Å². The van der Waals surface area contributed by atoms with Crippen molar-refractivity contribution in [3.63, 3.8) is 0 Å². The van der Waals surface area contributed by atoms with Crippen molar-refractivity contribution in [2.75, 3.05) is 13.1 Å². The molecule has 0 fully saturated rings. The number of aromatic nitrogens is 3. The van der Waals surface area contributed by atoms with E-state index in [4.69, 9.17) is 4.98 Å². The summed E-state index contributed by atoms with van der Waals surface area (Å²) in [6.45, 7) is 10.6. The maximum absolute atomic E-state index is 4.75. The maximum Gasteiger partial charge on any atom is 0.160 e. The largest absolute Gasteiger partial charge is 0.316 e. The van der Waals surface area contributed by atoms with Crippen LogP contribution in [0.1, 0.15) is 45.5 Å². The third-order valence-electron chi connectivity index (χ3n) is 3.13. The summed E-state index contributed by atoms with van der Waals surface area (Å²) >= 11 is 0. The molecule has 0 bridgehead atoms. The van der Waals surface area contributed by atoms with Gasteiger partial charge in [-0.15, -0.1) is 0 Å². The van der Waals surface area contributed by atoms with E-state index in [2.05, 4.69) is 42.6 Å². The van der Waals surface area contributed by atoms with Crippen molar-refractivity contribution in [2.24, 2.45) is 0 Å². The summed E-state index contributed by atoms with van der Waals surface area (Å²) in [5, 5.41) is 3.38. The third kappa shape index (κ3) is 2.38. The molecule has 0 spiro atoms. The molecule has 98 valence electrons. The molecule has 0 aromatic carbocycles. The van der Waals surface area contributed by atoms with Gasteiger partial charge in [-0.1, -0.05) is 13.8 Å². The molecule has 0 aliphatic heterocycles. The van der Waals surface area contributed by atoms with Crippen LogP contribution in [0.5, 0.6) is 0 Å². The molecule has 1 atom stereocenters. The van der Waals surface area contributed by atoms with E-state index in [1.807, 2.05) is 18.3 Å². The van der Waals surface area contributed by atoms with Gasteiger partial charge in [0.15, 0.2) is 5.65 Å². The van der Waals surface area contributed by atoms with E-state index in [-0.39, 0.29) is 0 Å². The van der Waals surface area contributed by atoms with Crippen LogP contribution in [0.25, 0.3) is 11.2 Å². The Balaban J connectivity index is 2.45. The van der Waals surface area contributed by atoms with E-state index in [1.54, 1.807) is 0 Å². The van der Waals surface area contributed by atoms with Gasteiger partial charge >= 0.3 is 0 Å². The van der Waals surface area contributed by atoms with E-state index in [1.165, 1.54) is 0 Å². The minimum Gasteiger partial charge on any atom is -0.316 e. The maximum atomic E-state index is 4.75. The molecule has 2 aromatic heterocycles. The van der Waals surface area contributed by atoms with E-state index in [0.29, 0.717) is 12.0 Å². The molecule has 2 aromatic rings. The fourth-order valence-corrected chi connectivity index (χ4v) is 2.26. The number of likely N-dealkylation sites (N-methyl/N-ethyl adjacent to an activating group) is 1. The number of hydrogen-bond donors (Lipinski definition) is 1. The fourth-order valence-electron chi connectivity index (χ4n) is 2.26. The quantitative estimate of drug-likeness (QED) is 0.882. The molecule has 1 N–H and O–H groups in total. The van der Waals surface area contributed by atoms with Crippen LogP contribution in [0.15, 0.2) is 18.3 Å². The van der Waals surface area contributed by atoms with E-state index in [9.17, 15) is 0 Å². The Morgan fingerprint density at radius 2 is 2.11 bits per heavy atom. The Bertz CT molecular complexity index is 515. The Morgan fingerprint density at radius 1 is 1.33 bits per heavy atom. The van der Waals surface area contributed by atoms with Crippen molar-refractivity contribution >= 4 is 11.2 Å². The zero-order chi connectivity index (χ0) is 13.1. The van der Waals surface area contributed by atoms with Crippen LogP contribution >= 0.6 is 0 Å². The normalized spacial score (nSPS) is 13.4. The minimum absolute atomic E-state index is 0.379. The lowest BCUT2D eigenvalue weighted by atomic mass is 10.1. The predicted octanol–water partition coefficient (Wildman–Crippen LogP) is 2.73. The molecule has 0 saturated carbocycles. The second kappa shape index (κ2) is 5.48. The van der Waals surface area contributed by atoms with Gasteiger partial charge in [0.2, 0.25) is 0 Å². The molecular weight excluding hydrogens is 224 g/mol. The fraction of sp³-hybridized carbons (Fsp3) is 0.571. The zero-order valence-corrected chi connectivity index (χ0v) is 11.6. The first kappa shape index (κ1) is 13.0. The predicted molar refractivity (Wildman–Crippen MR) is 74.9 cm³/mol. The van der Waals surface area contributed by atoms with Gasteiger partial charge in [-0.3, -0.25) is 0 Å². The van der Waals surface area contributed by atoms with Gasteiger partial charge in [0.05, 0.1) is 0 Å². The summed E-state index contributed by atoms with van der Waals surface area (Å²) in [4.78, 5) is 9.21. The first-order valence-corrected chi connectivity index (χ1v) is 6.68. The third-order valence-corrected chi connectivity index (χ3v) is 3.13. The number of imidazole rings is 1. The molecule has 0 saturated heterocycles. The van der Waals surface area contributed by atoms with Crippen LogP contribution in [-0.2, 0) is 0 Å². The van der Waals surface area contributed by atoms with Gasteiger partial charge in [-0.25, -0.2) is 9.97 Å². The highest BCUT2D eigenvalue weighted by Crippen LogP contribution is 2.24. The molecular formula is C14H22N4. The van der Waals surface area contributed by atoms with Crippen molar-refractivity contribution in [2.45, 2.75) is 39.7 Å². The van der Waals surface area contributed by atoms with E-state index < -0.39 is 0 Å². The van der Waals surface area contributed by atoms with E-state index >= 15 is 0 Å². The minimum atomic E-state index is 0.379. The standard InChI is InChI=1S/C14H22N4/c1-5-15-9-11(4)13-17-12-7-6-8-16-14(12)18(13)10(2)3/h6-8,10-11,15H,5,9H2,1-4H3. The summed E-state index contributed by atoms with van der Waals surface area (Å²) < 4.78 is 2.25. The zero-order valence-electron chi connectivity index (χ0n) is 11.6. The van der Waals surface area contributed by atoms with Gasteiger partial charge in [-0.05, 0) is 32.5 Å². The molecule has 2 heterocycles. The Morgan fingerprint density at radius 3 is 2.78 bits per heavy atom. The highest BCUT2D eigenvalue weighted by atomic mass is 15.1. The van der Waals surface area contributed by atoms with Crippen LogP contribution in [0.4, 0.5) is 0 Å². The van der Waals surface area contributed by atoms with Crippen LogP contribution < -0.4 is 5.32 Å². The van der Waals surface area contributed by atoms with E-state index in [0.717, 1.165) is 30.1 Å². The smallest absolute Gasteiger partial charge is 0.160 e. The van der Waals surface area contributed by atoms with Crippen LogP contribution in [-0.4, -0.2) is 27.6 Å². The first-order valence-electron chi connectivity index (χ1n) is 6.68. The molecule has 0 aliphatic carbocycles. The average Bonchev–Trinajstić information content (AvgIpc) is 2.75. The first-order chi connectivity index (χ1) is 8.65. The van der Waals surface area contributed by atoms with Crippen LogP contribution in [0, 0.1) is 0 Å². The number of pyridine rings is 1. The number of fused-ring (bicyclic) bond motifs is 1. The lowest BCUT2D eigenvalue weighted by Gasteiger charge is -2.17. The second-order valence-electron chi connectivity index (χ2n) is 4.99. The van der Waals surface area contributed by atoms with Crippen LogP contribution in [0.3, 0.4) is 0 Å². The monoisotopic (exact) mass is 246 g/mol. The molecule has 0 aliphatic rings. The Kier molecular flexibility index (Phi) is 3.97. The summed E-state index contributed by atoms with van der Waals surface area (Å²) in [6, 6.07) is 4.35. The van der Waals surface area contributed by atoms with Crippen molar-refractivity contribution in [1.82, 2.24) is 19.9 Å². The summed E-state index contributed by atoms with van der Waals surface area (Å²) in [5.74, 6) is 1.52. The van der Waals surface area contributed by atoms with Crippen molar-refractivity contribution in [1.29, 1.82) is 0 Å². The number of hydrogen-bond acceptors (Lipinski definition) is 3. The number of rotatable bonds is 5. The summed E-state index contributed by atoms with van der Waals surface area (Å²) in [6.07, 6.45) is 1.83. The van der Waals surface area contributed by atoms with Crippen molar-refractivity contribution < 1.29 is 0 Å². The molecule has 0 amide bonds.